The first-order chi connectivity index (χ1) is 9.54. The van der Waals surface area contributed by atoms with Crippen molar-refractivity contribution in [1.29, 1.82) is 0 Å². The van der Waals surface area contributed by atoms with Crippen molar-refractivity contribution in [3.05, 3.63) is 63.1 Å². The lowest BCUT2D eigenvalue weighted by Crippen LogP contribution is -2.24. The molecule has 1 aliphatic heterocycles. The van der Waals surface area contributed by atoms with Crippen LogP contribution in [0.3, 0.4) is 0 Å². The molecule has 2 atom stereocenters. The molecule has 0 bridgehead atoms. The van der Waals surface area contributed by atoms with E-state index >= 15 is 0 Å². The van der Waals surface area contributed by atoms with E-state index in [1.165, 1.54) is 0 Å². The molecule has 0 fully saturated rings. The van der Waals surface area contributed by atoms with Gasteiger partial charge < -0.3 is 10.5 Å². The van der Waals surface area contributed by atoms with Crippen molar-refractivity contribution in [2.75, 3.05) is 0 Å². The molecule has 0 aliphatic carbocycles. The van der Waals surface area contributed by atoms with E-state index in [0.29, 0.717) is 11.4 Å². The van der Waals surface area contributed by atoms with Crippen LogP contribution < -0.4 is 10.5 Å². The highest BCUT2D eigenvalue weighted by molar-refractivity contribution is 6.31. The molecule has 104 valence electrons. The SMILES string of the molecule is Cc1ccc(C2CC(N)c3cc(Cl)ccc3O2)cc1Cl. The molecule has 2 unspecified atom stereocenters. The van der Waals surface area contributed by atoms with Crippen molar-refractivity contribution in [3.63, 3.8) is 0 Å². The number of ether oxygens (including phenoxy) is 1. The van der Waals surface area contributed by atoms with Gasteiger partial charge in [-0.2, -0.15) is 0 Å². The summed E-state index contributed by atoms with van der Waals surface area (Å²) < 4.78 is 6.04. The topological polar surface area (TPSA) is 35.2 Å². The minimum absolute atomic E-state index is 0.0724. The van der Waals surface area contributed by atoms with E-state index in [1.54, 1.807) is 0 Å². The van der Waals surface area contributed by atoms with E-state index in [2.05, 4.69) is 0 Å². The van der Waals surface area contributed by atoms with Crippen LogP contribution in [0.15, 0.2) is 36.4 Å². The van der Waals surface area contributed by atoms with Crippen molar-refractivity contribution in [2.45, 2.75) is 25.5 Å². The smallest absolute Gasteiger partial charge is 0.126 e. The Morgan fingerprint density at radius 2 is 1.95 bits per heavy atom. The fourth-order valence-corrected chi connectivity index (χ4v) is 2.86. The Labute approximate surface area is 128 Å². The highest BCUT2D eigenvalue weighted by Gasteiger charge is 2.27. The average molecular weight is 308 g/mol. The lowest BCUT2D eigenvalue weighted by atomic mass is 9.93. The van der Waals surface area contributed by atoms with Crippen molar-refractivity contribution in [1.82, 2.24) is 0 Å². The molecule has 1 heterocycles. The van der Waals surface area contributed by atoms with E-state index in [0.717, 1.165) is 27.5 Å². The standard InChI is InChI=1S/C16H15Cl2NO/c1-9-2-3-10(6-13(9)18)16-8-14(19)12-7-11(17)4-5-15(12)20-16/h2-7,14,16H,8,19H2,1H3. The molecule has 2 nitrogen and oxygen atoms in total. The zero-order valence-corrected chi connectivity index (χ0v) is 12.6. The number of aryl methyl sites for hydroxylation is 1. The normalized spacial score (nSPS) is 21.2. The summed E-state index contributed by atoms with van der Waals surface area (Å²) in [6.45, 7) is 1.98. The van der Waals surface area contributed by atoms with Gasteiger partial charge in [-0.05, 0) is 42.3 Å². The van der Waals surface area contributed by atoms with Crippen LogP contribution >= 0.6 is 23.2 Å². The Hall–Kier alpha value is -1.22. The number of hydrogen-bond donors (Lipinski definition) is 1. The predicted molar refractivity (Wildman–Crippen MR) is 82.6 cm³/mol. The molecule has 0 aromatic heterocycles. The first-order valence-electron chi connectivity index (χ1n) is 6.52. The summed E-state index contributed by atoms with van der Waals surface area (Å²) in [4.78, 5) is 0. The van der Waals surface area contributed by atoms with Crippen LogP contribution in [0.4, 0.5) is 0 Å². The molecule has 0 amide bonds. The Morgan fingerprint density at radius 1 is 1.15 bits per heavy atom. The number of benzene rings is 2. The lowest BCUT2D eigenvalue weighted by molar-refractivity contribution is 0.161. The first kappa shape index (κ1) is 13.7. The van der Waals surface area contributed by atoms with Gasteiger partial charge in [0.15, 0.2) is 0 Å². The van der Waals surface area contributed by atoms with Gasteiger partial charge in [-0.15, -0.1) is 0 Å². The van der Waals surface area contributed by atoms with E-state index in [9.17, 15) is 0 Å². The molecule has 2 aromatic rings. The molecular formula is C16H15Cl2NO. The molecule has 0 spiro atoms. The molecule has 2 N–H and O–H groups in total. The van der Waals surface area contributed by atoms with Gasteiger partial charge in [0.1, 0.15) is 11.9 Å². The van der Waals surface area contributed by atoms with Crippen molar-refractivity contribution in [3.8, 4) is 5.75 Å². The molecule has 20 heavy (non-hydrogen) atoms. The van der Waals surface area contributed by atoms with Gasteiger partial charge in [0, 0.05) is 28.1 Å². The van der Waals surface area contributed by atoms with Crippen LogP contribution in [0.5, 0.6) is 5.75 Å². The summed E-state index contributed by atoms with van der Waals surface area (Å²) in [5.74, 6) is 0.801. The maximum atomic E-state index is 6.24. The first-order valence-corrected chi connectivity index (χ1v) is 7.28. The number of fused-ring (bicyclic) bond motifs is 1. The minimum atomic E-state index is -0.0810. The van der Waals surface area contributed by atoms with Gasteiger partial charge in [-0.25, -0.2) is 0 Å². The summed E-state index contributed by atoms with van der Waals surface area (Å²) >= 11 is 12.2. The number of rotatable bonds is 1. The highest BCUT2D eigenvalue weighted by Crippen LogP contribution is 2.41. The Morgan fingerprint density at radius 3 is 2.70 bits per heavy atom. The van der Waals surface area contributed by atoms with Gasteiger partial charge in [0.25, 0.3) is 0 Å². The second kappa shape index (κ2) is 5.28. The Balaban J connectivity index is 1.94. The van der Waals surface area contributed by atoms with Gasteiger partial charge in [-0.3, -0.25) is 0 Å². The number of hydrogen-bond acceptors (Lipinski definition) is 2. The quantitative estimate of drug-likeness (QED) is 0.819. The number of halogens is 2. The molecule has 4 heteroatoms. The van der Waals surface area contributed by atoms with Gasteiger partial charge in [0.2, 0.25) is 0 Å². The highest BCUT2D eigenvalue weighted by atomic mass is 35.5. The van der Waals surface area contributed by atoms with Gasteiger partial charge in [0.05, 0.1) is 0 Å². The molecule has 0 radical (unpaired) electrons. The van der Waals surface area contributed by atoms with E-state index in [4.69, 9.17) is 33.7 Å². The van der Waals surface area contributed by atoms with Crippen LogP contribution in [0.25, 0.3) is 0 Å². The lowest BCUT2D eigenvalue weighted by Gasteiger charge is -2.31. The van der Waals surface area contributed by atoms with Crippen LogP contribution in [-0.2, 0) is 0 Å². The number of nitrogens with two attached hydrogens (primary N) is 1. The van der Waals surface area contributed by atoms with E-state index in [-0.39, 0.29) is 12.1 Å². The zero-order valence-electron chi connectivity index (χ0n) is 11.1. The van der Waals surface area contributed by atoms with Crippen LogP contribution in [0.2, 0.25) is 10.0 Å². The minimum Gasteiger partial charge on any atom is -0.485 e. The molecule has 3 rings (SSSR count). The molecule has 0 saturated heterocycles. The van der Waals surface area contributed by atoms with Crippen LogP contribution in [0.1, 0.15) is 35.3 Å². The summed E-state index contributed by atoms with van der Waals surface area (Å²) in [6.07, 6.45) is 0.643. The van der Waals surface area contributed by atoms with Crippen LogP contribution in [0, 0.1) is 6.92 Å². The predicted octanol–water partition coefficient (Wildman–Crippen LogP) is 4.83. The summed E-state index contributed by atoms with van der Waals surface area (Å²) in [5, 5.41) is 1.43. The second-order valence-corrected chi connectivity index (χ2v) is 5.98. The largest absolute Gasteiger partial charge is 0.485 e. The van der Waals surface area contributed by atoms with E-state index < -0.39 is 0 Å². The summed E-state index contributed by atoms with van der Waals surface area (Å²) in [6, 6.07) is 11.5. The van der Waals surface area contributed by atoms with Crippen molar-refractivity contribution in [2.24, 2.45) is 5.73 Å². The fourth-order valence-electron chi connectivity index (χ4n) is 2.49. The molecule has 1 aliphatic rings. The second-order valence-electron chi connectivity index (χ2n) is 5.14. The summed E-state index contributed by atoms with van der Waals surface area (Å²) in [7, 11) is 0. The van der Waals surface area contributed by atoms with Crippen molar-refractivity contribution < 1.29 is 4.74 Å². The van der Waals surface area contributed by atoms with Gasteiger partial charge in [-0.1, -0.05) is 35.3 Å². The zero-order chi connectivity index (χ0) is 14.3. The van der Waals surface area contributed by atoms with E-state index in [1.807, 2.05) is 43.3 Å². The fraction of sp³-hybridized carbons (Fsp3) is 0.250. The molecular weight excluding hydrogens is 293 g/mol. The van der Waals surface area contributed by atoms with Gasteiger partial charge >= 0.3 is 0 Å². The maximum absolute atomic E-state index is 6.24. The molecule has 0 saturated carbocycles. The Kier molecular flexibility index (Phi) is 3.63. The summed E-state index contributed by atoms with van der Waals surface area (Å²) in [5.41, 5.74) is 9.31. The third-order valence-corrected chi connectivity index (χ3v) is 4.32. The third kappa shape index (κ3) is 2.51. The third-order valence-electron chi connectivity index (χ3n) is 3.68. The average Bonchev–Trinajstić information content (AvgIpc) is 2.42. The Bertz CT molecular complexity index is 657. The molecule has 2 aromatic carbocycles. The monoisotopic (exact) mass is 307 g/mol. The van der Waals surface area contributed by atoms with Crippen molar-refractivity contribution >= 4 is 23.2 Å². The maximum Gasteiger partial charge on any atom is 0.126 e. The van der Waals surface area contributed by atoms with Crippen LogP contribution in [-0.4, -0.2) is 0 Å².